The first kappa shape index (κ1) is 16.7. The van der Waals surface area contributed by atoms with E-state index < -0.39 is 0 Å². The van der Waals surface area contributed by atoms with Crippen LogP contribution < -0.4 is 11.1 Å². The Balaban J connectivity index is 1.68. The average Bonchev–Trinajstić information content (AvgIpc) is 2.54. The molecule has 1 aliphatic rings. The monoisotopic (exact) mass is 303 g/mol. The highest BCUT2D eigenvalue weighted by Crippen LogP contribution is 2.18. The average molecular weight is 303 g/mol. The van der Waals surface area contributed by atoms with Crippen molar-refractivity contribution >= 4 is 5.96 Å². The largest absolute Gasteiger partial charge is 0.370 e. The normalized spacial score (nSPS) is 20.3. The van der Waals surface area contributed by atoms with Crippen LogP contribution in [0.3, 0.4) is 0 Å². The fourth-order valence-corrected chi connectivity index (χ4v) is 2.86. The minimum Gasteiger partial charge on any atom is -0.370 e. The predicted octanol–water partition coefficient (Wildman–Crippen LogP) is 1.65. The molecule has 1 aromatic rings. The van der Waals surface area contributed by atoms with Crippen molar-refractivity contribution in [2.45, 2.75) is 39.2 Å². The summed E-state index contributed by atoms with van der Waals surface area (Å²) in [7, 11) is 0. The lowest BCUT2D eigenvalue weighted by Gasteiger charge is -2.34. The van der Waals surface area contributed by atoms with Crippen LogP contribution in [0, 0.1) is 5.92 Å². The summed E-state index contributed by atoms with van der Waals surface area (Å²) < 4.78 is 0. The van der Waals surface area contributed by atoms with Gasteiger partial charge in [-0.15, -0.1) is 0 Å². The molecule has 3 N–H and O–H groups in total. The van der Waals surface area contributed by atoms with Gasteiger partial charge < -0.3 is 16.0 Å². The fourth-order valence-electron chi connectivity index (χ4n) is 2.86. The number of hydrogen-bond acceptors (Lipinski definition) is 3. The van der Waals surface area contributed by atoms with E-state index in [1.165, 1.54) is 19.4 Å². The standard InChI is InChI=1S/C17H29N5/c1-14(2)22-11-5-6-15(13-22)12-21-17(18)20-10-8-16-7-3-4-9-19-16/h3-4,7,9,14-15H,5-6,8,10-13H2,1-2H3,(H3,18,20,21). The molecule has 0 aliphatic carbocycles. The van der Waals surface area contributed by atoms with Gasteiger partial charge in [-0.25, -0.2) is 0 Å². The molecule has 1 unspecified atom stereocenters. The number of aliphatic imine (C=N–C) groups is 1. The second kappa shape index (κ2) is 8.73. The van der Waals surface area contributed by atoms with E-state index in [0.29, 0.717) is 17.9 Å². The van der Waals surface area contributed by atoms with Gasteiger partial charge in [0.25, 0.3) is 0 Å². The molecule has 1 aliphatic heterocycles. The molecule has 1 atom stereocenters. The number of aromatic nitrogens is 1. The van der Waals surface area contributed by atoms with Gasteiger partial charge in [0.1, 0.15) is 0 Å². The van der Waals surface area contributed by atoms with Crippen LogP contribution in [0.4, 0.5) is 0 Å². The fraction of sp³-hybridized carbons (Fsp3) is 0.647. The summed E-state index contributed by atoms with van der Waals surface area (Å²) in [6.07, 6.45) is 5.21. The number of rotatable bonds is 6. The Kier molecular flexibility index (Phi) is 6.65. The van der Waals surface area contributed by atoms with Gasteiger partial charge in [0, 0.05) is 44.0 Å². The smallest absolute Gasteiger partial charge is 0.188 e. The quantitative estimate of drug-likeness (QED) is 0.619. The van der Waals surface area contributed by atoms with Crippen molar-refractivity contribution in [3.63, 3.8) is 0 Å². The van der Waals surface area contributed by atoms with E-state index in [-0.39, 0.29) is 0 Å². The molecule has 0 radical (unpaired) electrons. The van der Waals surface area contributed by atoms with Gasteiger partial charge in [-0.1, -0.05) is 6.07 Å². The molecule has 1 saturated heterocycles. The van der Waals surface area contributed by atoms with Crippen LogP contribution in [0.25, 0.3) is 0 Å². The molecule has 0 amide bonds. The van der Waals surface area contributed by atoms with E-state index in [0.717, 1.165) is 31.7 Å². The topological polar surface area (TPSA) is 66.5 Å². The molecular weight excluding hydrogens is 274 g/mol. The Bertz CT molecular complexity index is 457. The zero-order valence-corrected chi connectivity index (χ0v) is 13.8. The Hall–Kier alpha value is -1.62. The number of hydrogen-bond donors (Lipinski definition) is 2. The van der Waals surface area contributed by atoms with Crippen molar-refractivity contribution in [2.24, 2.45) is 16.6 Å². The number of piperidine rings is 1. The number of nitrogens with one attached hydrogen (secondary N) is 1. The zero-order valence-electron chi connectivity index (χ0n) is 13.8. The van der Waals surface area contributed by atoms with Crippen molar-refractivity contribution in [3.05, 3.63) is 30.1 Å². The van der Waals surface area contributed by atoms with Gasteiger partial charge in [0.05, 0.1) is 0 Å². The van der Waals surface area contributed by atoms with Crippen molar-refractivity contribution < 1.29 is 0 Å². The van der Waals surface area contributed by atoms with E-state index in [1.54, 1.807) is 0 Å². The van der Waals surface area contributed by atoms with Crippen LogP contribution in [0.15, 0.2) is 29.4 Å². The van der Waals surface area contributed by atoms with Crippen molar-refractivity contribution in [2.75, 3.05) is 26.2 Å². The first-order valence-corrected chi connectivity index (χ1v) is 8.33. The lowest BCUT2D eigenvalue weighted by Crippen LogP contribution is -2.41. The van der Waals surface area contributed by atoms with Gasteiger partial charge in [0.15, 0.2) is 5.96 Å². The van der Waals surface area contributed by atoms with Gasteiger partial charge in [-0.3, -0.25) is 9.98 Å². The molecule has 122 valence electrons. The van der Waals surface area contributed by atoms with E-state index >= 15 is 0 Å². The maximum Gasteiger partial charge on any atom is 0.188 e. The van der Waals surface area contributed by atoms with Gasteiger partial charge >= 0.3 is 0 Å². The van der Waals surface area contributed by atoms with Crippen LogP contribution in [0.1, 0.15) is 32.4 Å². The number of likely N-dealkylation sites (tertiary alicyclic amines) is 1. The molecule has 22 heavy (non-hydrogen) atoms. The highest BCUT2D eigenvalue weighted by atomic mass is 15.2. The maximum atomic E-state index is 5.95. The summed E-state index contributed by atoms with van der Waals surface area (Å²) in [4.78, 5) is 11.3. The number of nitrogens with two attached hydrogens (primary N) is 1. The molecule has 1 aromatic heterocycles. The van der Waals surface area contributed by atoms with E-state index in [1.807, 2.05) is 24.4 Å². The van der Waals surface area contributed by atoms with Gasteiger partial charge in [0.2, 0.25) is 0 Å². The van der Waals surface area contributed by atoms with E-state index in [4.69, 9.17) is 5.73 Å². The third-order valence-corrected chi connectivity index (χ3v) is 4.21. The summed E-state index contributed by atoms with van der Waals surface area (Å²) in [6, 6.07) is 6.58. The first-order chi connectivity index (χ1) is 10.6. The van der Waals surface area contributed by atoms with Crippen molar-refractivity contribution in [3.8, 4) is 0 Å². The molecule has 0 aromatic carbocycles. The summed E-state index contributed by atoms with van der Waals surface area (Å²) in [5.74, 6) is 1.19. The Labute approximate surface area is 134 Å². The molecule has 0 saturated carbocycles. The molecule has 0 bridgehead atoms. The SMILES string of the molecule is CC(C)N1CCCC(CN=C(N)NCCc2ccccn2)C1. The van der Waals surface area contributed by atoms with E-state index in [9.17, 15) is 0 Å². The second-order valence-electron chi connectivity index (χ2n) is 6.32. The van der Waals surface area contributed by atoms with Gasteiger partial charge in [-0.2, -0.15) is 0 Å². The third kappa shape index (κ3) is 5.64. The molecule has 0 spiro atoms. The maximum absolute atomic E-state index is 5.95. The van der Waals surface area contributed by atoms with Crippen molar-refractivity contribution in [1.29, 1.82) is 0 Å². The van der Waals surface area contributed by atoms with Gasteiger partial charge in [-0.05, 0) is 51.3 Å². The number of nitrogens with zero attached hydrogens (tertiary/aromatic N) is 3. The minimum atomic E-state index is 0.553. The lowest BCUT2D eigenvalue weighted by molar-refractivity contribution is 0.143. The van der Waals surface area contributed by atoms with Crippen molar-refractivity contribution in [1.82, 2.24) is 15.2 Å². The molecule has 1 fully saturated rings. The van der Waals surface area contributed by atoms with Crippen LogP contribution in [-0.4, -0.2) is 48.1 Å². The molecular formula is C17H29N5. The lowest BCUT2D eigenvalue weighted by atomic mass is 9.97. The summed E-state index contributed by atoms with van der Waals surface area (Å²) in [5, 5.41) is 3.18. The Morgan fingerprint density at radius 3 is 3.09 bits per heavy atom. The molecule has 2 rings (SSSR count). The Morgan fingerprint density at radius 1 is 1.50 bits per heavy atom. The first-order valence-electron chi connectivity index (χ1n) is 8.33. The molecule has 2 heterocycles. The van der Waals surface area contributed by atoms with Crippen LogP contribution in [0.2, 0.25) is 0 Å². The summed E-state index contributed by atoms with van der Waals surface area (Å²) >= 11 is 0. The zero-order chi connectivity index (χ0) is 15.8. The van der Waals surface area contributed by atoms with Crippen LogP contribution in [-0.2, 0) is 6.42 Å². The predicted molar refractivity (Wildman–Crippen MR) is 91.9 cm³/mol. The molecule has 5 nitrogen and oxygen atoms in total. The highest BCUT2D eigenvalue weighted by Gasteiger charge is 2.21. The molecule has 5 heteroatoms. The number of pyridine rings is 1. The third-order valence-electron chi connectivity index (χ3n) is 4.21. The van der Waals surface area contributed by atoms with Crippen LogP contribution in [0.5, 0.6) is 0 Å². The number of guanidine groups is 1. The minimum absolute atomic E-state index is 0.553. The highest BCUT2D eigenvalue weighted by molar-refractivity contribution is 5.77. The summed E-state index contributed by atoms with van der Waals surface area (Å²) in [5.41, 5.74) is 7.03. The summed E-state index contributed by atoms with van der Waals surface area (Å²) in [6.45, 7) is 8.48. The second-order valence-corrected chi connectivity index (χ2v) is 6.32. The van der Waals surface area contributed by atoms with Crippen LogP contribution >= 0.6 is 0 Å². The Morgan fingerprint density at radius 2 is 2.36 bits per heavy atom. The van der Waals surface area contributed by atoms with E-state index in [2.05, 4.69) is 34.0 Å².